The summed E-state index contributed by atoms with van der Waals surface area (Å²) in [6.07, 6.45) is 3.27. The van der Waals surface area contributed by atoms with Crippen LogP contribution in [0.1, 0.15) is 69.1 Å². The number of nitrogens with zero attached hydrogens (tertiary/aromatic N) is 1. The third-order valence-corrected chi connectivity index (χ3v) is 7.31. The molecule has 0 saturated heterocycles. The van der Waals surface area contributed by atoms with Gasteiger partial charge in [0.15, 0.2) is 9.84 Å². The van der Waals surface area contributed by atoms with Crippen LogP contribution in [0.25, 0.3) is 0 Å². The number of hydrogen-bond acceptors (Lipinski definition) is 5. The van der Waals surface area contributed by atoms with Crippen LogP contribution in [-0.4, -0.2) is 30.3 Å². The van der Waals surface area contributed by atoms with Gasteiger partial charge in [0.2, 0.25) is 5.91 Å². The van der Waals surface area contributed by atoms with Crippen molar-refractivity contribution in [1.82, 2.24) is 10.3 Å². The second kappa shape index (κ2) is 7.08. The Hall–Kier alpha value is -0.950. The highest BCUT2D eigenvalue weighted by molar-refractivity contribution is 7.92. The van der Waals surface area contributed by atoms with E-state index in [0.717, 1.165) is 23.5 Å². The fourth-order valence-electron chi connectivity index (χ4n) is 2.67. The van der Waals surface area contributed by atoms with E-state index in [1.165, 1.54) is 0 Å². The van der Waals surface area contributed by atoms with Gasteiger partial charge in [0.1, 0.15) is 5.75 Å². The van der Waals surface area contributed by atoms with E-state index < -0.39 is 21.5 Å². The van der Waals surface area contributed by atoms with E-state index >= 15 is 0 Å². The van der Waals surface area contributed by atoms with Gasteiger partial charge in [-0.3, -0.25) is 4.79 Å². The lowest BCUT2D eigenvalue weighted by atomic mass is 10.2. The van der Waals surface area contributed by atoms with E-state index in [9.17, 15) is 13.2 Å². The van der Waals surface area contributed by atoms with E-state index in [1.807, 2.05) is 12.3 Å². The Morgan fingerprint density at radius 3 is 2.55 bits per heavy atom. The molecule has 22 heavy (non-hydrogen) atoms. The van der Waals surface area contributed by atoms with E-state index in [1.54, 1.807) is 11.3 Å². The van der Waals surface area contributed by atoms with Crippen molar-refractivity contribution in [3.05, 3.63) is 16.1 Å². The average Bonchev–Trinajstić information content (AvgIpc) is 3.10. The Kier molecular flexibility index (Phi) is 5.60. The zero-order valence-electron chi connectivity index (χ0n) is 13.3. The topological polar surface area (TPSA) is 76.1 Å². The Balaban J connectivity index is 1.93. The van der Waals surface area contributed by atoms with Crippen molar-refractivity contribution >= 4 is 27.1 Å². The fraction of sp³-hybridized carbons (Fsp3) is 0.733. The molecule has 0 bridgehead atoms. The van der Waals surface area contributed by atoms with Gasteiger partial charge >= 0.3 is 0 Å². The van der Waals surface area contributed by atoms with Crippen molar-refractivity contribution in [3.63, 3.8) is 0 Å². The van der Waals surface area contributed by atoms with Crippen molar-refractivity contribution < 1.29 is 13.2 Å². The standard InChI is InChI=1S/C15H24N2O3S2/c1-10(2)15-17-13(8-21-15)11(3)16-14(18)9-22(19,20)12-6-4-5-7-12/h8,10-12H,4-7,9H2,1-3H3,(H,16,18). The van der Waals surface area contributed by atoms with Crippen LogP contribution in [0.4, 0.5) is 0 Å². The van der Waals surface area contributed by atoms with Gasteiger partial charge in [-0.1, -0.05) is 26.7 Å². The highest BCUT2D eigenvalue weighted by Crippen LogP contribution is 2.25. The van der Waals surface area contributed by atoms with Gasteiger partial charge in [-0.2, -0.15) is 0 Å². The van der Waals surface area contributed by atoms with Gasteiger partial charge in [0.05, 0.1) is 22.0 Å². The third-order valence-electron chi connectivity index (χ3n) is 4.00. The summed E-state index contributed by atoms with van der Waals surface area (Å²) >= 11 is 1.57. The Morgan fingerprint density at radius 2 is 2.00 bits per heavy atom. The molecule has 1 amide bonds. The van der Waals surface area contributed by atoms with Crippen LogP contribution in [0, 0.1) is 0 Å². The van der Waals surface area contributed by atoms with Crippen molar-refractivity contribution in [2.75, 3.05) is 5.75 Å². The lowest BCUT2D eigenvalue weighted by molar-refractivity contribution is -0.119. The maximum Gasteiger partial charge on any atom is 0.235 e. The van der Waals surface area contributed by atoms with Crippen LogP contribution in [-0.2, 0) is 14.6 Å². The van der Waals surface area contributed by atoms with Gasteiger partial charge in [0, 0.05) is 11.3 Å². The number of carbonyl (C=O) groups excluding carboxylic acids is 1. The lowest BCUT2D eigenvalue weighted by Crippen LogP contribution is -2.35. The predicted octanol–water partition coefficient (Wildman–Crippen LogP) is 2.80. The molecule has 0 aliphatic heterocycles. The molecule has 2 rings (SSSR count). The number of thiazole rings is 1. The minimum Gasteiger partial charge on any atom is -0.347 e. The summed E-state index contributed by atoms with van der Waals surface area (Å²) in [5.41, 5.74) is 0.792. The summed E-state index contributed by atoms with van der Waals surface area (Å²) in [7, 11) is -3.33. The average molecular weight is 345 g/mol. The van der Waals surface area contributed by atoms with Gasteiger partial charge in [-0.05, 0) is 19.8 Å². The highest BCUT2D eigenvalue weighted by Gasteiger charge is 2.31. The lowest BCUT2D eigenvalue weighted by Gasteiger charge is -2.14. The minimum absolute atomic E-state index is 0.268. The SMILES string of the molecule is CC(C)c1nc(C(C)NC(=O)CS(=O)(=O)C2CCCC2)cs1. The highest BCUT2D eigenvalue weighted by atomic mass is 32.2. The molecule has 1 aromatic heterocycles. The second-order valence-electron chi connectivity index (χ2n) is 6.27. The molecule has 1 atom stereocenters. The molecule has 1 aliphatic rings. The summed E-state index contributed by atoms with van der Waals surface area (Å²) < 4.78 is 24.4. The van der Waals surface area contributed by atoms with Crippen LogP contribution < -0.4 is 5.32 Å². The number of rotatable bonds is 6. The van der Waals surface area contributed by atoms with E-state index in [4.69, 9.17) is 0 Å². The summed E-state index contributed by atoms with van der Waals surface area (Å²) in [5, 5.41) is 5.37. The van der Waals surface area contributed by atoms with Crippen molar-refractivity contribution in [1.29, 1.82) is 0 Å². The zero-order chi connectivity index (χ0) is 16.3. The van der Waals surface area contributed by atoms with E-state index in [-0.39, 0.29) is 11.3 Å². The third kappa shape index (κ3) is 4.29. The first kappa shape index (κ1) is 17.4. The summed E-state index contributed by atoms with van der Waals surface area (Å²) in [6.45, 7) is 5.97. The first-order chi connectivity index (χ1) is 10.3. The second-order valence-corrected chi connectivity index (χ2v) is 9.44. The van der Waals surface area contributed by atoms with Crippen LogP contribution in [0.3, 0.4) is 0 Å². The largest absolute Gasteiger partial charge is 0.347 e. The molecule has 1 aromatic rings. The number of aromatic nitrogens is 1. The van der Waals surface area contributed by atoms with Crippen LogP contribution in [0.2, 0.25) is 0 Å². The maximum atomic E-state index is 12.2. The molecule has 7 heteroatoms. The van der Waals surface area contributed by atoms with Crippen molar-refractivity contribution in [3.8, 4) is 0 Å². The summed E-state index contributed by atoms with van der Waals surface area (Å²) in [4.78, 5) is 16.5. The normalized spacial score (nSPS) is 17.8. The summed E-state index contributed by atoms with van der Waals surface area (Å²) in [5.74, 6) is -0.494. The molecular weight excluding hydrogens is 320 g/mol. The molecule has 0 radical (unpaired) electrons. The number of carbonyl (C=O) groups is 1. The van der Waals surface area contributed by atoms with Gasteiger partial charge in [-0.15, -0.1) is 11.3 Å². The van der Waals surface area contributed by atoms with E-state index in [0.29, 0.717) is 18.8 Å². The van der Waals surface area contributed by atoms with E-state index in [2.05, 4.69) is 24.1 Å². The smallest absolute Gasteiger partial charge is 0.235 e. The molecular formula is C15H24N2O3S2. The van der Waals surface area contributed by atoms with Gasteiger partial charge in [0.25, 0.3) is 0 Å². The van der Waals surface area contributed by atoms with Gasteiger partial charge < -0.3 is 5.32 Å². The quantitative estimate of drug-likeness (QED) is 0.861. The van der Waals surface area contributed by atoms with Crippen LogP contribution in [0.5, 0.6) is 0 Å². The Bertz CT molecular complexity index is 616. The molecule has 5 nitrogen and oxygen atoms in total. The fourth-order valence-corrected chi connectivity index (χ4v) is 5.33. The first-order valence-corrected chi connectivity index (χ1v) is 10.4. The molecule has 1 fully saturated rings. The number of nitrogens with one attached hydrogen (secondary N) is 1. The number of sulfone groups is 1. The molecule has 0 aromatic carbocycles. The number of amides is 1. The minimum atomic E-state index is -3.33. The molecule has 1 heterocycles. The predicted molar refractivity (Wildman–Crippen MR) is 88.8 cm³/mol. The maximum absolute atomic E-state index is 12.2. The summed E-state index contributed by atoms with van der Waals surface area (Å²) in [6, 6.07) is -0.268. The van der Waals surface area contributed by atoms with Gasteiger partial charge in [-0.25, -0.2) is 13.4 Å². The Morgan fingerprint density at radius 1 is 1.36 bits per heavy atom. The molecule has 124 valence electrons. The molecule has 1 aliphatic carbocycles. The molecule has 1 saturated carbocycles. The molecule has 1 N–H and O–H groups in total. The number of hydrogen-bond donors (Lipinski definition) is 1. The van der Waals surface area contributed by atoms with Crippen molar-refractivity contribution in [2.45, 2.75) is 63.7 Å². The first-order valence-electron chi connectivity index (χ1n) is 7.76. The van der Waals surface area contributed by atoms with Crippen LogP contribution in [0.15, 0.2) is 5.38 Å². The van der Waals surface area contributed by atoms with Crippen LogP contribution >= 0.6 is 11.3 Å². The van der Waals surface area contributed by atoms with Crippen molar-refractivity contribution in [2.24, 2.45) is 0 Å². The molecule has 0 spiro atoms. The zero-order valence-corrected chi connectivity index (χ0v) is 15.0. The monoisotopic (exact) mass is 344 g/mol. The Labute approximate surface area is 136 Å². The molecule has 1 unspecified atom stereocenters.